The van der Waals surface area contributed by atoms with Gasteiger partial charge < -0.3 is 9.80 Å². The molecule has 1 saturated carbocycles. The quantitative estimate of drug-likeness (QED) is 0.856. The maximum Gasteiger partial charge on any atom is 0.226 e. The van der Waals surface area contributed by atoms with Gasteiger partial charge in [-0.2, -0.15) is 0 Å². The molecule has 0 aromatic heterocycles. The zero-order valence-electron chi connectivity index (χ0n) is 13.7. The molecular formula is C19H25FN2O. The Hall–Kier alpha value is -1.42. The van der Waals surface area contributed by atoms with E-state index in [9.17, 15) is 9.18 Å². The average molecular weight is 316 g/mol. The van der Waals surface area contributed by atoms with E-state index in [1.165, 1.54) is 25.0 Å². The molecule has 0 unspecified atom stereocenters. The fourth-order valence-corrected chi connectivity index (χ4v) is 4.65. The highest BCUT2D eigenvalue weighted by molar-refractivity contribution is 5.83. The Kier molecular flexibility index (Phi) is 3.88. The van der Waals surface area contributed by atoms with Crippen LogP contribution in [0.3, 0.4) is 0 Å². The van der Waals surface area contributed by atoms with Gasteiger partial charge in [-0.25, -0.2) is 4.39 Å². The molecule has 0 N–H and O–H groups in total. The van der Waals surface area contributed by atoms with E-state index in [1.807, 2.05) is 12.1 Å². The second kappa shape index (κ2) is 5.90. The molecule has 1 aliphatic carbocycles. The Morgan fingerprint density at radius 3 is 2.48 bits per heavy atom. The second-order valence-electron chi connectivity index (χ2n) is 7.43. The van der Waals surface area contributed by atoms with Gasteiger partial charge in [-0.1, -0.05) is 12.1 Å². The van der Waals surface area contributed by atoms with Crippen LogP contribution in [0, 0.1) is 11.7 Å². The molecule has 23 heavy (non-hydrogen) atoms. The van der Waals surface area contributed by atoms with Crippen LogP contribution in [-0.2, 0) is 4.79 Å². The minimum absolute atomic E-state index is 0.118. The van der Waals surface area contributed by atoms with Crippen molar-refractivity contribution in [3.63, 3.8) is 0 Å². The van der Waals surface area contributed by atoms with Gasteiger partial charge in [0.15, 0.2) is 0 Å². The maximum absolute atomic E-state index is 13.1. The number of likely N-dealkylation sites (N-methyl/N-ethyl adjacent to an activating group) is 1. The molecule has 3 nitrogen and oxygen atoms in total. The first-order valence-electron chi connectivity index (χ1n) is 8.91. The molecule has 4 atom stereocenters. The molecular weight excluding hydrogens is 291 g/mol. The lowest BCUT2D eigenvalue weighted by Gasteiger charge is -2.33. The summed E-state index contributed by atoms with van der Waals surface area (Å²) in [6.07, 6.45) is 5.68. The Morgan fingerprint density at radius 1 is 1.09 bits per heavy atom. The van der Waals surface area contributed by atoms with Gasteiger partial charge in [0.2, 0.25) is 5.91 Å². The fraction of sp³-hybridized carbons (Fsp3) is 0.632. The van der Waals surface area contributed by atoms with Crippen LogP contribution in [-0.4, -0.2) is 47.9 Å². The highest BCUT2D eigenvalue weighted by atomic mass is 19.1. The van der Waals surface area contributed by atoms with E-state index >= 15 is 0 Å². The molecule has 124 valence electrons. The molecule has 1 aromatic rings. The predicted molar refractivity (Wildman–Crippen MR) is 87.6 cm³/mol. The first-order chi connectivity index (χ1) is 11.1. The molecule has 2 saturated heterocycles. The second-order valence-corrected chi connectivity index (χ2v) is 7.43. The Bertz CT molecular complexity index is 588. The smallest absolute Gasteiger partial charge is 0.226 e. The third kappa shape index (κ3) is 2.78. The Morgan fingerprint density at radius 2 is 1.78 bits per heavy atom. The van der Waals surface area contributed by atoms with Crippen molar-refractivity contribution in [2.24, 2.45) is 5.92 Å². The summed E-state index contributed by atoms with van der Waals surface area (Å²) >= 11 is 0. The Balaban J connectivity index is 1.44. The van der Waals surface area contributed by atoms with E-state index in [-0.39, 0.29) is 11.7 Å². The normalized spacial score (nSPS) is 34.1. The molecule has 4 heteroatoms. The van der Waals surface area contributed by atoms with Gasteiger partial charge in [0.05, 0.1) is 0 Å². The highest BCUT2D eigenvalue weighted by Gasteiger charge is 2.49. The molecule has 4 rings (SSSR count). The van der Waals surface area contributed by atoms with Crippen LogP contribution in [0.15, 0.2) is 24.3 Å². The molecule has 3 fully saturated rings. The number of amides is 1. The summed E-state index contributed by atoms with van der Waals surface area (Å²) in [5.41, 5.74) is 1.11. The third-order valence-corrected chi connectivity index (χ3v) is 6.01. The summed E-state index contributed by atoms with van der Waals surface area (Å²) in [6, 6.07) is 7.62. The number of carbonyl (C=O) groups is 1. The molecule has 2 heterocycles. The standard InChI is InChI=1S/C19H25FN2O/c1-21-10-2-4-17(21)18-5-3-11-22(18)19(23)16-12-15(16)13-6-8-14(20)9-7-13/h6-9,15-18H,2-5,10-12H2,1H3/t15-,16+,17-,18+/m1/s1. The SMILES string of the molecule is CN1CCC[C@@H]1[C@@H]1CCCN1C(=O)[C@H]1C[C@@H]1c1ccc(F)cc1. The summed E-state index contributed by atoms with van der Waals surface area (Å²) in [7, 11) is 2.19. The number of likely N-dealkylation sites (tertiary alicyclic amines) is 2. The number of hydrogen-bond acceptors (Lipinski definition) is 2. The van der Waals surface area contributed by atoms with Crippen LogP contribution in [0.4, 0.5) is 4.39 Å². The van der Waals surface area contributed by atoms with Crippen LogP contribution in [0.5, 0.6) is 0 Å². The zero-order chi connectivity index (χ0) is 16.0. The van der Waals surface area contributed by atoms with Crippen LogP contribution >= 0.6 is 0 Å². The molecule has 1 aromatic carbocycles. The number of rotatable bonds is 3. The van der Waals surface area contributed by atoms with E-state index < -0.39 is 0 Å². The largest absolute Gasteiger partial charge is 0.338 e. The van der Waals surface area contributed by atoms with E-state index in [1.54, 1.807) is 0 Å². The van der Waals surface area contributed by atoms with Gasteiger partial charge in [0.25, 0.3) is 0 Å². The van der Waals surface area contributed by atoms with Gasteiger partial charge in [0.1, 0.15) is 5.82 Å². The highest BCUT2D eigenvalue weighted by Crippen LogP contribution is 2.49. The maximum atomic E-state index is 13.1. The molecule has 3 aliphatic rings. The summed E-state index contributed by atoms with van der Waals surface area (Å²) in [4.78, 5) is 17.6. The average Bonchev–Trinajstić information content (AvgIpc) is 2.99. The van der Waals surface area contributed by atoms with Crippen molar-refractivity contribution >= 4 is 5.91 Å². The monoisotopic (exact) mass is 316 g/mol. The summed E-state index contributed by atoms with van der Waals surface area (Å²) in [6.45, 7) is 2.07. The lowest BCUT2D eigenvalue weighted by atomic mass is 10.0. The van der Waals surface area contributed by atoms with Crippen molar-refractivity contribution in [3.8, 4) is 0 Å². The molecule has 0 bridgehead atoms. The van der Waals surface area contributed by atoms with Crippen molar-refractivity contribution < 1.29 is 9.18 Å². The molecule has 1 amide bonds. The lowest BCUT2D eigenvalue weighted by Crippen LogP contribution is -2.47. The van der Waals surface area contributed by atoms with Crippen molar-refractivity contribution in [2.75, 3.05) is 20.1 Å². The predicted octanol–water partition coefficient (Wildman–Crippen LogP) is 3.01. The van der Waals surface area contributed by atoms with Crippen LogP contribution in [0.1, 0.15) is 43.6 Å². The number of halogens is 1. The number of benzene rings is 1. The van der Waals surface area contributed by atoms with Crippen LogP contribution in [0.2, 0.25) is 0 Å². The van der Waals surface area contributed by atoms with Gasteiger partial charge in [-0.15, -0.1) is 0 Å². The van der Waals surface area contributed by atoms with Gasteiger partial charge in [0, 0.05) is 24.5 Å². The minimum atomic E-state index is -0.207. The third-order valence-electron chi connectivity index (χ3n) is 6.01. The van der Waals surface area contributed by atoms with Gasteiger partial charge in [-0.3, -0.25) is 4.79 Å². The first kappa shape index (κ1) is 15.1. The van der Waals surface area contributed by atoms with Crippen molar-refractivity contribution in [3.05, 3.63) is 35.6 Å². The summed E-state index contributed by atoms with van der Waals surface area (Å²) < 4.78 is 13.1. The number of nitrogens with zero attached hydrogens (tertiary/aromatic N) is 2. The van der Waals surface area contributed by atoms with E-state index in [0.29, 0.717) is 23.9 Å². The minimum Gasteiger partial charge on any atom is -0.338 e. The molecule has 0 spiro atoms. The summed E-state index contributed by atoms with van der Waals surface area (Å²) in [5.74, 6) is 0.543. The fourth-order valence-electron chi connectivity index (χ4n) is 4.65. The molecule has 2 aliphatic heterocycles. The van der Waals surface area contributed by atoms with Crippen molar-refractivity contribution in [1.82, 2.24) is 9.80 Å². The number of hydrogen-bond donors (Lipinski definition) is 0. The van der Waals surface area contributed by atoms with Crippen molar-refractivity contribution in [2.45, 2.75) is 50.1 Å². The van der Waals surface area contributed by atoms with Crippen molar-refractivity contribution in [1.29, 1.82) is 0 Å². The van der Waals surface area contributed by atoms with Gasteiger partial charge >= 0.3 is 0 Å². The molecule has 0 radical (unpaired) electrons. The number of carbonyl (C=O) groups excluding carboxylic acids is 1. The van der Waals surface area contributed by atoms with Crippen LogP contribution in [0.25, 0.3) is 0 Å². The van der Waals surface area contributed by atoms with E-state index in [0.717, 1.165) is 37.9 Å². The topological polar surface area (TPSA) is 23.6 Å². The van der Waals surface area contributed by atoms with E-state index in [2.05, 4.69) is 16.8 Å². The van der Waals surface area contributed by atoms with Gasteiger partial charge in [-0.05, 0) is 69.3 Å². The zero-order valence-corrected chi connectivity index (χ0v) is 13.7. The first-order valence-corrected chi connectivity index (χ1v) is 8.91. The van der Waals surface area contributed by atoms with Crippen LogP contribution < -0.4 is 0 Å². The summed E-state index contributed by atoms with van der Waals surface area (Å²) in [5, 5.41) is 0. The van der Waals surface area contributed by atoms with E-state index in [4.69, 9.17) is 0 Å². The Labute approximate surface area is 137 Å². The lowest BCUT2D eigenvalue weighted by molar-refractivity contribution is -0.134.